The number of furan rings is 1. The molecule has 1 atom stereocenters. The van der Waals surface area contributed by atoms with Gasteiger partial charge in [-0.05, 0) is 25.3 Å². The first kappa shape index (κ1) is 13.5. The third kappa shape index (κ3) is 2.24. The molecule has 2 aromatic rings. The molecule has 0 radical (unpaired) electrons. The van der Waals surface area contributed by atoms with Crippen LogP contribution in [0.25, 0.3) is 10.6 Å². The average Bonchev–Trinajstić information content (AvgIpc) is 3.26. The van der Waals surface area contributed by atoms with Crippen LogP contribution in [0.15, 0.2) is 28.4 Å². The first-order valence-corrected chi connectivity index (χ1v) is 8.56. The van der Waals surface area contributed by atoms with Crippen LogP contribution in [0.4, 0.5) is 0 Å². The zero-order valence-electron chi connectivity index (χ0n) is 12.0. The fourth-order valence-corrected chi connectivity index (χ4v) is 4.74. The van der Waals surface area contributed by atoms with Crippen LogP contribution in [0.1, 0.15) is 37.8 Å². The number of aromatic nitrogens is 1. The van der Waals surface area contributed by atoms with Crippen molar-refractivity contribution in [3.63, 3.8) is 0 Å². The van der Waals surface area contributed by atoms with Gasteiger partial charge in [0.1, 0.15) is 11.3 Å². The lowest BCUT2D eigenvalue weighted by molar-refractivity contribution is 0.0273. The number of rotatable bonds is 3. The SMILES string of the molecule is OC1CCN(Cc2csc(-c3ccoc3)n2)C12CCCC2. The molecule has 2 aliphatic rings. The van der Waals surface area contributed by atoms with Crippen molar-refractivity contribution in [2.45, 2.75) is 50.3 Å². The van der Waals surface area contributed by atoms with Crippen molar-refractivity contribution < 1.29 is 9.52 Å². The van der Waals surface area contributed by atoms with Gasteiger partial charge in [0.2, 0.25) is 0 Å². The Morgan fingerprint density at radius 1 is 1.43 bits per heavy atom. The van der Waals surface area contributed by atoms with E-state index in [0.29, 0.717) is 0 Å². The van der Waals surface area contributed by atoms with Crippen LogP contribution in [0.5, 0.6) is 0 Å². The highest BCUT2D eigenvalue weighted by Crippen LogP contribution is 2.44. The molecule has 0 bridgehead atoms. The summed E-state index contributed by atoms with van der Waals surface area (Å²) in [5.74, 6) is 0. The highest BCUT2D eigenvalue weighted by atomic mass is 32.1. The Bertz CT molecular complexity index is 602. The summed E-state index contributed by atoms with van der Waals surface area (Å²) < 4.78 is 5.12. The highest BCUT2D eigenvalue weighted by Gasteiger charge is 2.49. The van der Waals surface area contributed by atoms with Crippen molar-refractivity contribution in [2.24, 2.45) is 0 Å². The molecule has 1 unspecified atom stereocenters. The Kier molecular flexibility index (Phi) is 3.36. The van der Waals surface area contributed by atoms with Crippen molar-refractivity contribution in [2.75, 3.05) is 6.54 Å². The molecule has 1 N–H and O–H groups in total. The van der Waals surface area contributed by atoms with Gasteiger partial charge in [-0.1, -0.05) is 12.8 Å². The fraction of sp³-hybridized carbons (Fsp3) is 0.562. The summed E-state index contributed by atoms with van der Waals surface area (Å²) in [7, 11) is 0. The van der Waals surface area contributed by atoms with Crippen LogP contribution >= 0.6 is 11.3 Å². The van der Waals surface area contributed by atoms with E-state index in [9.17, 15) is 5.11 Å². The van der Waals surface area contributed by atoms with Crippen molar-refractivity contribution in [3.05, 3.63) is 29.7 Å². The first-order valence-electron chi connectivity index (χ1n) is 7.68. The minimum absolute atomic E-state index is 0.0272. The third-order valence-corrected chi connectivity index (χ3v) is 6.00. The smallest absolute Gasteiger partial charge is 0.126 e. The molecule has 1 saturated carbocycles. The fourth-order valence-electron chi connectivity index (χ4n) is 3.95. The largest absolute Gasteiger partial charge is 0.472 e. The summed E-state index contributed by atoms with van der Waals surface area (Å²) in [4.78, 5) is 7.20. The summed E-state index contributed by atoms with van der Waals surface area (Å²) in [6, 6.07) is 1.95. The Balaban J connectivity index is 1.53. The molecular weight excluding hydrogens is 284 g/mol. The second-order valence-corrected chi connectivity index (χ2v) is 7.05. The third-order valence-electron chi connectivity index (χ3n) is 5.06. The lowest BCUT2D eigenvalue weighted by atomic mass is 9.91. The molecule has 3 heterocycles. The zero-order valence-corrected chi connectivity index (χ0v) is 12.8. The molecule has 4 nitrogen and oxygen atoms in total. The average molecular weight is 304 g/mol. The van der Waals surface area contributed by atoms with Crippen LogP contribution in [-0.2, 0) is 6.54 Å². The van der Waals surface area contributed by atoms with Crippen molar-refractivity contribution >= 4 is 11.3 Å². The molecule has 112 valence electrons. The predicted molar refractivity (Wildman–Crippen MR) is 82.0 cm³/mol. The van der Waals surface area contributed by atoms with E-state index in [4.69, 9.17) is 9.40 Å². The van der Waals surface area contributed by atoms with Gasteiger partial charge < -0.3 is 9.52 Å². The molecular formula is C16H20N2O2S. The highest BCUT2D eigenvalue weighted by molar-refractivity contribution is 7.13. The second kappa shape index (κ2) is 5.23. The summed E-state index contributed by atoms with van der Waals surface area (Å²) in [6.45, 7) is 1.84. The lowest BCUT2D eigenvalue weighted by Gasteiger charge is -2.37. The van der Waals surface area contributed by atoms with Crippen molar-refractivity contribution in [3.8, 4) is 10.6 Å². The molecule has 21 heavy (non-hydrogen) atoms. The molecule has 0 amide bonds. The normalized spacial score (nSPS) is 25.1. The van der Waals surface area contributed by atoms with Crippen LogP contribution in [0, 0.1) is 0 Å². The van der Waals surface area contributed by atoms with Gasteiger partial charge in [-0.2, -0.15) is 0 Å². The topological polar surface area (TPSA) is 49.5 Å². The Morgan fingerprint density at radius 3 is 3.05 bits per heavy atom. The standard InChI is InChI=1S/C16H20N2O2S/c19-14-3-7-18(16(14)5-1-2-6-16)9-13-11-21-15(17-13)12-4-8-20-10-12/h4,8,10-11,14,19H,1-3,5-7,9H2. The molecule has 1 spiro atoms. The van der Waals surface area contributed by atoms with E-state index in [2.05, 4.69) is 10.3 Å². The molecule has 2 fully saturated rings. The maximum Gasteiger partial charge on any atom is 0.126 e. The van der Waals surface area contributed by atoms with E-state index in [-0.39, 0.29) is 11.6 Å². The van der Waals surface area contributed by atoms with E-state index in [1.807, 2.05) is 6.07 Å². The van der Waals surface area contributed by atoms with Crippen LogP contribution in [0.3, 0.4) is 0 Å². The molecule has 1 aliphatic heterocycles. The lowest BCUT2D eigenvalue weighted by Crippen LogP contribution is -2.47. The Morgan fingerprint density at radius 2 is 2.29 bits per heavy atom. The van der Waals surface area contributed by atoms with E-state index in [1.54, 1.807) is 23.9 Å². The number of hydrogen-bond acceptors (Lipinski definition) is 5. The molecule has 2 aromatic heterocycles. The maximum atomic E-state index is 10.4. The predicted octanol–water partition coefficient (Wildman–Crippen LogP) is 3.28. The number of likely N-dealkylation sites (tertiary alicyclic amines) is 1. The minimum atomic E-state index is -0.160. The van der Waals surface area contributed by atoms with Gasteiger partial charge in [0.15, 0.2) is 0 Å². The van der Waals surface area contributed by atoms with E-state index in [1.165, 1.54) is 12.8 Å². The quantitative estimate of drug-likeness (QED) is 0.945. The van der Waals surface area contributed by atoms with Gasteiger partial charge in [-0.3, -0.25) is 4.90 Å². The van der Waals surface area contributed by atoms with E-state index >= 15 is 0 Å². The van der Waals surface area contributed by atoms with Gasteiger partial charge in [0, 0.05) is 29.6 Å². The zero-order chi connectivity index (χ0) is 14.3. The summed E-state index contributed by atoms with van der Waals surface area (Å²) in [6.07, 6.45) is 8.91. The van der Waals surface area contributed by atoms with Crippen LogP contribution in [0.2, 0.25) is 0 Å². The minimum Gasteiger partial charge on any atom is -0.472 e. The van der Waals surface area contributed by atoms with Gasteiger partial charge >= 0.3 is 0 Å². The molecule has 4 rings (SSSR count). The van der Waals surface area contributed by atoms with Gasteiger partial charge in [0.05, 0.1) is 18.1 Å². The number of aliphatic hydroxyl groups excluding tert-OH is 1. The van der Waals surface area contributed by atoms with Crippen molar-refractivity contribution in [1.29, 1.82) is 0 Å². The number of thiazole rings is 1. The number of nitrogens with zero attached hydrogens (tertiary/aromatic N) is 2. The summed E-state index contributed by atoms with van der Waals surface area (Å²) in [5, 5.41) is 13.6. The van der Waals surface area contributed by atoms with Gasteiger partial charge in [0.25, 0.3) is 0 Å². The van der Waals surface area contributed by atoms with Crippen LogP contribution in [-0.4, -0.2) is 33.2 Å². The second-order valence-electron chi connectivity index (χ2n) is 6.19. The monoisotopic (exact) mass is 304 g/mol. The number of hydrogen-bond donors (Lipinski definition) is 1. The Labute approximate surface area is 128 Å². The Hall–Kier alpha value is -1.17. The summed E-state index contributed by atoms with van der Waals surface area (Å²) in [5.41, 5.74) is 2.18. The molecule has 5 heteroatoms. The molecule has 1 aliphatic carbocycles. The van der Waals surface area contributed by atoms with Crippen molar-refractivity contribution in [1.82, 2.24) is 9.88 Å². The molecule has 0 aromatic carbocycles. The molecule has 1 saturated heterocycles. The van der Waals surface area contributed by atoms with Crippen LogP contribution < -0.4 is 0 Å². The van der Waals surface area contributed by atoms with Gasteiger partial charge in [-0.25, -0.2) is 4.98 Å². The van der Waals surface area contributed by atoms with E-state index < -0.39 is 0 Å². The van der Waals surface area contributed by atoms with Gasteiger partial charge in [-0.15, -0.1) is 11.3 Å². The first-order chi connectivity index (χ1) is 10.3. The summed E-state index contributed by atoms with van der Waals surface area (Å²) >= 11 is 1.66. The maximum absolute atomic E-state index is 10.4. The van der Waals surface area contributed by atoms with E-state index in [0.717, 1.165) is 48.6 Å². The number of aliphatic hydroxyl groups is 1.